The molecule has 5 rings (SSSR count). The fourth-order valence-electron chi connectivity index (χ4n) is 3.27. The first-order valence-electron chi connectivity index (χ1n) is 10.3. The van der Waals surface area contributed by atoms with Crippen LogP contribution < -0.4 is 10.6 Å². The van der Waals surface area contributed by atoms with Crippen molar-refractivity contribution in [3.8, 4) is 12.1 Å². The van der Waals surface area contributed by atoms with Gasteiger partial charge in [0.15, 0.2) is 11.2 Å². The first-order chi connectivity index (χ1) is 16.7. The second-order valence-electron chi connectivity index (χ2n) is 7.18. The average Bonchev–Trinajstić information content (AvgIpc) is 3.49. The summed E-state index contributed by atoms with van der Waals surface area (Å²) in [4.78, 5) is 8.71. The number of nitrogens with zero attached hydrogens (tertiary/aromatic N) is 4. The van der Waals surface area contributed by atoms with Gasteiger partial charge in [0.25, 0.3) is 0 Å². The number of oxazole rings is 2. The first-order valence-corrected chi connectivity index (χ1v) is 10.3. The van der Waals surface area contributed by atoms with E-state index in [1.807, 2.05) is 60.7 Å². The van der Waals surface area contributed by atoms with Crippen LogP contribution in [-0.2, 0) is 0 Å². The molecule has 8 heteroatoms. The second kappa shape index (κ2) is 9.03. The molecule has 2 heterocycles. The zero-order valence-electron chi connectivity index (χ0n) is 17.7. The van der Waals surface area contributed by atoms with E-state index in [9.17, 15) is 10.5 Å². The maximum atomic E-state index is 9.55. The Bertz CT molecular complexity index is 1460. The summed E-state index contributed by atoms with van der Waals surface area (Å²) in [7, 11) is 0. The highest BCUT2D eigenvalue weighted by Gasteiger charge is 2.11. The molecule has 0 atom stereocenters. The largest absolute Gasteiger partial charge is 0.435 e. The van der Waals surface area contributed by atoms with Crippen LogP contribution in [0.1, 0.15) is 11.8 Å². The smallest absolute Gasteiger partial charge is 0.239 e. The molecule has 8 nitrogen and oxygen atoms in total. The summed E-state index contributed by atoms with van der Waals surface area (Å²) in [5, 5.41) is 25.3. The van der Waals surface area contributed by atoms with E-state index in [0.29, 0.717) is 22.2 Å². The van der Waals surface area contributed by atoms with E-state index in [1.54, 1.807) is 24.5 Å². The highest BCUT2D eigenvalue weighted by molar-refractivity contribution is 5.81. The molecule has 0 aliphatic heterocycles. The van der Waals surface area contributed by atoms with E-state index in [-0.39, 0.29) is 22.9 Å². The SMILES string of the molecule is N#C/C(=C\Nc1cccc(N/C=C(\C#N)c2nc3ccccc3o2)c1)c1nc2ccccc2o1. The molecule has 0 unspecified atom stereocenters. The summed E-state index contributed by atoms with van der Waals surface area (Å²) in [5.41, 5.74) is 4.57. The number of aromatic nitrogens is 2. The molecule has 2 N–H and O–H groups in total. The highest BCUT2D eigenvalue weighted by Crippen LogP contribution is 2.23. The molecule has 0 aliphatic carbocycles. The molecular weight excluding hydrogens is 428 g/mol. The van der Waals surface area contributed by atoms with E-state index < -0.39 is 0 Å². The Morgan fingerprint density at radius 1 is 0.676 bits per heavy atom. The molecule has 162 valence electrons. The second-order valence-corrected chi connectivity index (χ2v) is 7.18. The predicted molar refractivity (Wildman–Crippen MR) is 129 cm³/mol. The van der Waals surface area contributed by atoms with Crippen molar-refractivity contribution in [1.29, 1.82) is 10.5 Å². The molecule has 2 aromatic heterocycles. The number of para-hydroxylation sites is 4. The van der Waals surface area contributed by atoms with E-state index in [1.165, 1.54) is 0 Å². The van der Waals surface area contributed by atoms with Crippen molar-refractivity contribution >= 4 is 44.7 Å². The molecule has 0 saturated heterocycles. The standard InChI is InChI=1S/C26H16N6O2/c27-13-17(25-31-21-8-1-3-10-23(21)33-25)15-29-19-6-5-7-20(12-19)30-16-18(14-28)26-32-22-9-2-4-11-24(22)34-26/h1-12,15-16,29-30H/b17-15+,18-16+. The summed E-state index contributed by atoms with van der Waals surface area (Å²) in [6.45, 7) is 0. The maximum Gasteiger partial charge on any atom is 0.239 e. The van der Waals surface area contributed by atoms with Crippen molar-refractivity contribution in [2.75, 3.05) is 10.6 Å². The molecule has 0 saturated carbocycles. The van der Waals surface area contributed by atoms with Crippen molar-refractivity contribution in [1.82, 2.24) is 9.97 Å². The lowest BCUT2D eigenvalue weighted by Crippen LogP contribution is -1.94. The Hall–Kier alpha value is -5.34. The van der Waals surface area contributed by atoms with Crippen LogP contribution in [0.5, 0.6) is 0 Å². The zero-order chi connectivity index (χ0) is 23.3. The van der Waals surface area contributed by atoms with Crippen molar-refractivity contribution in [2.24, 2.45) is 0 Å². The predicted octanol–water partition coefficient (Wildman–Crippen LogP) is 5.92. The number of fused-ring (bicyclic) bond motifs is 2. The van der Waals surface area contributed by atoms with Crippen LogP contribution in [0.25, 0.3) is 33.3 Å². The van der Waals surface area contributed by atoms with Crippen LogP contribution in [-0.4, -0.2) is 9.97 Å². The van der Waals surface area contributed by atoms with Crippen LogP contribution in [0, 0.1) is 22.7 Å². The number of benzene rings is 3. The van der Waals surface area contributed by atoms with Gasteiger partial charge in [-0.3, -0.25) is 0 Å². The lowest BCUT2D eigenvalue weighted by atomic mass is 10.2. The minimum atomic E-state index is 0.241. The van der Waals surface area contributed by atoms with Crippen LogP contribution >= 0.6 is 0 Å². The third kappa shape index (κ3) is 4.20. The van der Waals surface area contributed by atoms with Gasteiger partial charge in [0.1, 0.15) is 34.3 Å². The molecule has 0 radical (unpaired) electrons. The van der Waals surface area contributed by atoms with E-state index >= 15 is 0 Å². The van der Waals surface area contributed by atoms with Gasteiger partial charge in [0.05, 0.1) is 0 Å². The molecule has 0 spiro atoms. The van der Waals surface area contributed by atoms with E-state index in [4.69, 9.17) is 8.83 Å². The molecular formula is C26H16N6O2. The van der Waals surface area contributed by atoms with Gasteiger partial charge in [-0.25, -0.2) is 9.97 Å². The van der Waals surface area contributed by atoms with Gasteiger partial charge in [0, 0.05) is 23.8 Å². The van der Waals surface area contributed by atoms with Crippen molar-refractivity contribution < 1.29 is 8.83 Å². The highest BCUT2D eigenvalue weighted by atomic mass is 16.4. The Labute approximate surface area is 194 Å². The molecule has 0 aliphatic rings. The Balaban J connectivity index is 1.33. The van der Waals surface area contributed by atoms with Gasteiger partial charge >= 0.3 is 0 Å². The van der Waals surface area contributed by atoms with Crippen molar-refractivity contribution in [2.45, 2.75) is 0 Å². The molecule has 34 heavy (non-hydrogen) atoms. The summed E-state index contributed by atoms with van der Waals surface area (Å²) in [6, 6.07) is 26.2. The van der Waals surface area contributed by atoms with E-state index in [0.717, 1.165) is 11.4 Å². The minimum absolute atomic E-state index is 0.241. The Kier molecular flexibility index (Phi) is 5.46. The van der Waals surface area contributed by atoms with E-state index in [2.05, 4.69) is 32.7 Å². The van der Waals surface area contributed by atoms with Gasteiger partial charge in [-0.05, 0) is 42.5 Å². The number of nitriles is 2. The van der Waals surface area contributed by atoms with Crippen LogP contribution in [0.4, 0.5) is 11.4 Å². The number of allylic oxidation sites excluding steroid dienone is 2. The average molecular weight is 444 g/mol. The summed E-state index contributed by atoms with van der Waals surface area (Å²) in [6.07, 6.45) is 3.08. The van der Waals surface area contributed by atoms with Crippen LogP contribution in [0.2, 0.25) is 0 Å². The lowest BCUT2D eigenvalue weighted by Gasteiger charge is -2.05. The normalized spacial score (nSPS) is 11.8. The maximum absolute atomic E-state index is 9.55. The Morgan fingerprint density at radius 2 is 1.15 bits per heavy atom. The summed E-state index contributed by atoms with van der Waals surface area (Å²) in [5.74, 6) is 0.482. The molecule has 0 fully saturated rings. The van der Waals surface area contributed by atoms with Crippen molar-refractivity contribution in [3.05, 3.63) is 97.0 Å². The summed E-state index contributed by atoms with van der Waals surface area (Å²) < 4.78 is 11.3. The van der Waals surface area contributed by atoms with Crippen LogP contribution in [0.15, 0.2) is 94.0 Å². The third-order valence-electron chi connectivity index (χ3n) is 4.92. The number of anilines is 2. The topological polar surface area (TPSA) is 124 Å². The first kappa shape index (κ1) is 20.6. The molecule has 0 amide bonds. The fraction of sp³-hybridized carbons (Fsp3) is 0. The van der Waals surface area contributed by atoms with Gasteiger partial charge < -0.3 is 19.5 Å². The molecule has 5 aromatic rings. The third-order valence-corrected chi connectivity index (χ3v) is 4.92. The monoisotopic (exact) mass is 444 g/mol. The quantitative estimate of drug-likeness (QED) is 0.309. The number of hydrogen-bond donors (Lipinski definition) is 2. The van der Waals surface area contributed by atoms with Gasteiger partial charge in [-0.1, -0.05) is 30.3 Å². The number of nitrogens with one attached hydrogen (secondary N) is 2. The summed E-state index contributed by atoms with van der Waals surface area (Å²) >= 11 is 0. The number of rotatable bonds is 6. The minimum Gasteiger partial charge on any atom is -0.435 e. The van der Waals surface area contributed by atoms with Crippen LogP contribution in [0.3, 0.4) is 0 Å². The fourth-order valence-corrected chi connectivity index (χ4v) is 3.27. The lowest BCUT2D eigenvalue weighted by molar-refractivity contribution is 0.585. The van der Waals surface area contributed by atoms with Gasteiger partial charge in [0.2, 0.25) is 11.8 Å². The number of hydrogen-bond acceptors (Lipinski definition) is 8. The van der Waals surface area contributed by atoms with Gasteiger partial charge in [-0.15, -0.1) is 0 Å². The van der Waals surface area contributed by atoms with Gasteiger partial charge in [-0.2, -0.15) is 10.5 Å². The van der Waals surface area contributed by atoms with Crippen molar-refractivity contribution in [3.63, 3.8) is 0 Å². The Morgan fingerprint density at radius 3 is 1.59 bits per heavy atom. The molecule has 0 bridgehead atoms. The molecule has 3 aromatic carbocycles. The zero-order valence-corrected chi connectivity index (χ0v) is 17.7.